The monoisotopic (exact) mass is 282 g/mol. The van der Waals surface area contributed by atoms with E-state index >= 15 is 0 Å². The number of urea groups is 1. The lowest BCUT2D eigenvalue weighted by Gasteiger charge is -2.33. The SMILES string of the molecule is CC1CCN(C(=O)N(C)C2CCCCCC2)C1C(=O)O. The fourth-order valence-electron chi connectivity index (χ4n) is 3.54. The van der Waals surface area contributed by atoms with E-state index in [0.717, 1.165) is 19.3 Å². The molecule has 2 fully saturated rings. The van der Waals surface area contributed by atoms with Gasteiger partial charge in [0.2, 0.25) is 0 Å². The maximum atomic E-state index is 12.6. The Balaban J connectivity index is 2.03. The molecule has 5 nitrogen and oxygen atoms in total. The normalized spacial score (nSPS) is 28.2. The van der Waals surface area contributed by atoms with Crippen LogP contribution in [0.3, 0.4) is 0 Å². The molecule has 1 heterocycles. The highest BCUT2D eigenvalue weighted by Crippen LogP contribution is 2.27. The van der Waals surface area contributed by atoms with E-state index in [1.54, 1.807) is 9.80 Å². The van der Waals surface area contributed by atoms with Crippen LogP contribution in [-0.2, 0) is 4.79 Å². The Morgan fingerprint density at radius 1 is 1.10 bits per heavy atom. The van der Waals surface area contributed by atoms with Crippen molar-refractivity contribution in [2.75, 3.05) is 13.6 Å². The van der Waals surface area contributed by atoms with Crippen molar-refractivity contribution < 1.29 is 14.7 Å². The average Bonchev–Trinajstić information content (AvgIpc) is 2.64. The predicted molar refractivity (Wildman–Crippen MR) is 76.6 cm³/mol. The fraction of sp³-hybridized carbons (Fsp3) is 0.867. The molecular weight excluding hydrogens is 256 g/mol. The van der Waals surface area contributed by atoms with Gasteiger partial charge >= 0.3 is 12.0 Å². The molecule has 114 valence electrons. The standard InChI is InChI=1S/C15H26N2O3/c1-11-9-10-17(13(11)14(18)19)15(20)16(2)12-7-5-3-4-6-8-12/h11-13H,3-10H2,1-2H3,(H,18,19). The number of likely N-dealkylation sites (tertiary alicyclic amines) is 1. The van der Waals surface area contributed by atoms with Crippen LogP contribution in [0.1, 0.15) is 51.9 Å². The number of rotatable bonds is 2. The Labute approximate surface area is 120 Å². The second-order valence-corrected chi connectivity index (χ2v) is 6.28. The zero-order valence-electron chi connectivity index (χ0n) is 12.5. The van der Waals surface area contributed by atoms with E-state index in [1.165, 1.54) is 25.7 Å². The van der Waals surface area contributed by atoms with E-state index < -0.39 is 12.0 Å². The number of carboxylic acid groups (broad SMARTS) is 1. The summed E-state index contributed by atoms with van der Waals surface area (Å²) in [6, 6.07) is -0.486. The van der Waals surface area contributed by atoms with Gasteiger partial charge in [-0.1, -0.05) is 32.6 Å². The molecule has 1 saturated heterocycles. The lowest BCUT2D eigenvalue weighted by Crippen LogP contribution is -2.50. The largest absolute Gasteiger partial charge is 0.480 e. The molecule has 0 aromatic heterocycles. The van der Waals surface area contributed by atoms with Crippen LogP contribution in [0.2, 0.25) is 0 Å². The Kier molecular flexibility index (Phi) is 4.89. The maximum absolute atomic E-state index is 12.6. The molecule has 2 aliphatic rings. The van der Waals surface area contributed by atoms with E-state index in [2.05, 4.69) is 0 Å². The van der Waals surface area contributed by atoms with Gasteiger partial charge in [0.1, 0.15) is 6.04 Å². The minimum absolute atomic E-state index is 0.0407. The smallest absolute Gasteiger partial charge is 0.326 e. The van der Waals surface area contributed by atoms with Gasteiger partial charge in [-0.05, 0) is 25.2 Å². The third-order valence-electron chi connectivity index (χ3n) is 4.87. The summed E-state index contributed by atoms with van der Waals surface area (Å²) in [6.45, 7) is 2.48. The van der Waals surface area contributed by atoms with Crippen molar-refractivity contribution in [3.8, 4) is 0 Å². The van der Waals surface area contributed by atoms with Crippen molar-refractivity contribution in [2.45, 2.75) is 64.0 Å². The van der Waals surface area contributed by atoms with Crippen LogP contribution in [0.5, 0.6) is 0 Å². The number of hydrogen-bond donors (Lipinski definition) is 1. The number of nitrogens with zero attached hydrogens (tertiary/aromatic N) is 2. The summed E-state index contributed by atoms with van der Waals surface area (Å²) in [5, 5.41) is 9.33. The van der Waals surface area contributed by atoms with E-state index in [-0.39, 0.29) is 18.0 Å². The highest BCUT2D eigenvalue weighted by molar-refractivity contribution is 5.83. The summed E-state index contributed by atoms with van der Waals surface area (Å²) < 4.78 is 0. The second-order valence-electron chi connectivity index (χ2n) is 6.28. The molecule has 1 N–H and O–H groups in total. The molecule has 1 saturated carbocycles. The van der Waals surface area contributed by atoms with Crippen molar-refractivity contribution in [3.05, 3.63) is 0 Å². The molecule has 2 unspecified atom stereocenters. The number of carbonyl (C=O) groups excluding carboxylic acids is 1. The second kappa shape index (κ2) is 6.46. The zero-order chi connectivity index (χ0) is 14.7. The van der Waals surface area contributed by atoms with E-state index in [1.807, 2.05) is 14.0 Å². The Morgan fingerprint density at radius 3 is 2.25 bits per heavy atom. The van der Waals surface area contributed by atoms with Crippen molar-refractivity contribution in [3.63, 3.8) is 0 Å². The number of carbonyl (C=O) groups is 2. The Hall–Kier alpha value is -1.26. The van der Waals surface area contributed by atoms with Gasteiger partial charge in [0.05, 0.1) is 0 Å². The van der Waals surface area contributed by atoms with Crippen LogP contribution in [0.25, 0.3) is 0 Å². The summed E-state index contributed by atoms with van der Waals surface area (Å²) in [4.78, 5) is 27.3. The summed E-state index contributed by atoms with van der Waals surface area (Å²) in [6.07, 6.45) is 7.70. The molecule has 1 aliphatic heterocycles. The number of carboxylic acids is 1. The van der Waals surface area contributed by atoms with Gasteiger partial charge in [0, 0.05) is 19.6 Å². The van der Waals surface area contributed by atoms with Crippen molar-refractivity contribution in [2.24, 2.45) is 5.92 Å². The van der Waals surface area contributed by atoms with E-state index in [0.29, 0.717) is 6.54 Å². The zero-order valence-corrected chi connectivity index (χ0v) is 12.5. The molecule has 5 heteroatoms. The highest BCUT2D eigenvalue weighted by atomic mass is 16.4. The lowest BCUT2D eigenvalue weighted by molar-refractivity contribution is -0.142. The summed E-state index contributed by atoms with van der Waals surface area (Å²) in [5.41, 5.74) is 0. The molecule has 2 amide bonds. The van der Waals surface area contributed by atoms with Gasteiger partial charge in [-0.3, -0.25) is 0 Å². The van der Waals surface area contributed by atoms with E-state index in [9.17, 15) is 14.7 Å². The first kappa shape index (κ1) is 15.1. The quantitative estimate of drug-likeness (QED) is 0.792. The number of amides is 2. The molecule has 2 atom stereocenters. The van der Waals surface area contributed by atoms with Crippen molar-refractivity contribution in [1.29, 1.82) is 0 Å². The third kappa shape index (κ3) is 3.07. The van der Waals surface area contributed by atoms with Crippen LogP contribution in [0, 0.1) is 5.92 Å². The minimum Gasteiger partial charge on any atom is -0.480 e. The maximum Gasteiger partial charge on any atom is 0.326 e. The van der Waals surface area contributed by atoms with Crippen molar-refractivity contribution >= 4 is 12.0 Å². The predicted octanol–water partition coefficient (Wildman–Crippen LogP) is 2.56. The van der Waals surface area contributed by atoms with Gasteiger partial charge in [0.15, 0.2) is 0 Å². The molecule has 1 aliphatic carbocycles. The van der Waals surface area contributed by atoms with Crippen molar-refractivity contribution in [1.82, 2.24) is 9.80 Å². The Morgan fingerprint density at radius 2 is 1.70 bits per heavy atom. The molecular formula is C15H26N2O3. The van der Waals surface area contributed by atoms with Gasteiger partial charge in [-0.2, -0.15) is 0 Å². The van der Waals surface area contributed by atoms with Gasteiger partial charge < -0.3 is 14.9 Å². The van der Waals surface area contributed by atoms with E-state index in [4.69, 9.17) is 0 Å². The highest BCUT2D eigenvalue weighted by Gasteiger charge is 2.41. The number of hydrogen-bond acceptors (Lipinski definition) is 2. The molecule has 20 heavy (non-hydrogen) atoms. The molecule has 2 rings (SSSR count). The first-order valence-electron chi connectivity index (χ1n) is 7.78. The Bertz CT molecular complexity index is 364. The van der Waals surface area contributed by atoms with Crippen LogP contribution >= 0.6 is 0 Å². The molecule has 0 spiro atoms. The first-order chi connectivity index (χ1) is 9.52. The van der Waals surface area contributed by atoms with Crippen LogP contribution in [0.4, 0.5) is 4.79 Å². The van der Waals surface area contributed by atoms with Crippen LogP contribution in [-0.4, -0.2) is 52.6 Å². The summed E-state index contributed by atoms with van der Waals surface area (Å²) in [7, 11) is 1.83. The molecule has 0 aromatic rings. The lowest BCUT2D eigenvalue weighted by atomic mass is 10.0. The number of aliphatic carboxylic acids is 1. The van der Waals surface area contributed by atoms with Crippen LogP contribution < -0.4 is 0 Å². The van der Waals surface area contributed by atoms with Gasteiger partial charge in [0.25, 0.3) is 0 Å². The minimum atomic E-state index is -0.877. The fourth-order valence-corrected chi connectivity index (χ4v) is 3.54. The third-order valence-corrected chi connectivity index (χ3v) is 4.87. The summed E-state index contributed by atoms with van der Waals surface area (Å²) >= 11 is 0. The topological polar surface area (TPSA) is 60.9 Å². The average molecular weight is 282 g/mol. The summed E-state index contributed by atoms with van der Waals surface area (Å²) in [5.74, 6) is -0.836. The molecule has 0 radical (unpaired) electrons. The van der Waals surface area contributed by atoms with Gasteiger partial charge in [-0.15, -0.1) is 0 Å². The molecule has 0 aromatic carbocycles. The van der Waals surface area contributed by atoms with Gasteiger partial charge in [-0.25, -0.2) is 9.59 Å². The van der Waals surface area contributed by atoms with Crippen LogP contribution in [0.15, 0.2) is 0 Å². The molecule has 0 bridgehead atoms. The first-order valence-corrected chi connectivity index (χ1v) is 7.78.